The fourth-order valence-corrected chi connectivity index (χ4v) is 2.06. The molecule has 0 radical (unpaired) electrons. The van der Waals surface area contributed by atoms with Crippen LogP contribution in [0.1, 0.15) is 13.3 Å². The fraction of sp³-hybridized carbons (Fsp3) is 1.00. The van der Waals surface area contributed by atoms with Crippen molar-refractivity contribution in [1.29, 1.82) is 0 Å². The van der Waals surface area contributed by atoms with Crippen LogP contribution in [0.3, 0.4) is 0 Å². The Labute approximate surface area is 72.6 Å². The summed E-state index contributed by atoms with van der Waals surface area (Å²) in [6, 6.07) is 0. The molecule has 0 aromatic heterocycles. The first kappa shape index (κ1) is 9.35. The molecule has 4 heteroatoms. The zero-order chi connectivity index (χ0) is 6.78. The minimum absolute atomic E-state index is 0.259. The Morgan fingerprint density at radius 3 is 1.88 bits per heavy atom. The molecule has 0 fully saturated rings. The Kier molecular flexibility index (Phi) is 4.09. The molecule has 0 aromatic rings. The predicted octanol–water partition coefficient (Wildman–Crippen LogP) is 3.53. The first-order valence-electron chi connectivity index (χ1n) is 2.12. The monoisotopic (exact) mass is 238 g/mol. The zero-order valence-corrected chi connectivity index (χ0v) is 8.15. The molecule has 0 nitrogen and oxygen atoms in total. The Morgan fingerprint density at radius 2 is 1.88 bits per heavy atom. The summed E-state index contributed by atoms with van der Waals surface area (Å²) in [6.07, 6.45) is 0.539. The lowest BCUT2D eigenvalue weighted by Crippen LogP contribution is -2.07. The molecular weight excluding hydrogens is 234 g/mol. The van der Waals surface area contributed by atoms with Crippen molar-refractivity contribution in [2.75, 3.05) is 0 Å². The third kappa shape index (κ3) is 7.35. The van der Waals surface area contributed by atoms with Crippen molar-refractivity contribution in [1.82, 2.24) is 0 Å². The van der Waals surface area contributed by atoms with Gasteiger partial charge in [0.15, 0.2) is 3.79 Å². The topological polar surface area (TPSA) is 0 Å². The van der Waals surface area contributed by atoms with Crippen molar-refractivity contribution < 1.29 is 0 Å². The second-order valence-corrected chi connectivity index (χ2v) is 5.68. The highest BCUT2D eigenvalue weighted by molar-refractivity contribution is 9.09. The number of halogens is 4. The van der Waals surface area contributed by atoms with Crippen molar-refractivity contribution in [2.24, 2.45) is 0 Å². The fourth-order valence-electron chi connectivity index (χ4n) is 0.319. The van der Waals surface area contributed by atoms with E-state index in [9.17, 15) is 0 Å². The molecule has 8 heavy (non-hydrogen) atoms. The number of rotatable bonds is 1. The van der Waals surface area contributed by atoms with Crippen molar-refractivity contribution in [3.05, 3.63) is 0 Å². The van der Waals surface area contributed by atoms with Crippen molar-refractivity contribution in [3.63, 3.8) is 0 Å². The van der Waals surface area contributed by atoms with Gasteiger partial charge >= 0.3 is 0 Å². The molecule has 0 N–H and O–H groups in total. The van der Waals surface area contributed by atoms with Gasteiger partial charge in [0, 0.05) is 11.2 Å². The molecule has 0 amide bonds. The Hall–Kier alpha value is 1.35. The summed E-state index contributed by atoms with van der Waals surface area (Å²) in [5.74, 6) is 0. The van der Waals surface area contributed by atoms with Gasteiger partial charge in [0.25, 0.3) is 0 Å². The van der Waals surface area contributed by atoms with Gasteiger partial charge in [-0.05, 0) is 0 Å². The maximum atomic E-state index is 5.43. The molecular formula is C4H6BrCl3. The molecule has 0 saturated carbocycles. The number of hydrogen-bond acceptors (Lipinski definition) is 0. The van der Waals surface area contributed by atoms with Crippen LogP contribution in [-0.2, 0) is 0 Å². The van der Waals surface area contributed by atoms with E-state index in [2.05, 4.69) is 15.9 Å². The van der Waals surface area contributed by atoms with Gasteiger partial charge in [-0.3, -0.25) is 0 Å². The van der Waals surface area contributed by atoms with Crippen LogP contribution in [0.4, 0.5) is 0 Å². The van der Waals surface area contributed by atoms with E-state index in [1.807, 2.05) is 6.92 Å². The smallest absolute Gasteiger partial charge is 0.0892 e. The molecule has 0 bridgehead atoms. The Balaban J connectivity index is 3.39. The molecule has 0 aromatic carbocycles. The summed E-state index contributed by atoms with van der Waals surface area (Å²) in [7, 11) is 0. The van der Waals surface area contributed by atoms with E-state index in [0.29, 0.717) is 6.42 Å². The molecule has 0 rings (SSSR count). The molecule has 0 aliphatic heterocycles. The van der Waals surface area contributed by atoms with Crippen LogP contribution in [0.5, 0.6) is 0 Å². The second-order valence-electron chi connectivity index (χ2n) is 1.60. The molecule has 1 unspecified atom stereocenters. The summed E-state index contributed by atoms with van der Waals surface area (Å²) < 4.78 is -1.11. The quantitative estimate of drug-likeness (QED) is 0.615. The van der Waals surface area contributed by atoms with E-state index in [1.54, 1.807) is 0 Å². The van der Waals surface area contributed by atoms with Crippen molar-refractivity contribution in [3.8, 4) is 0 Å². The third-order valence-electron chi connectivity index (χ3n) is 0.513. The lowest BCUT2D eigenvalue weighted by Gasteiger charge is -2.10. The van der Waals surface area contributed by atoms with Crippen LogP contribution in [-0.4, -0.2) is 8.62 Å². The van der Waals surface area contributed by atoms with E-state index < -0.39 is 3.79 Å². The summed E-state index contributed by atoms with van der Waals surface area (Å²) in [5, 5.41) is 0. The highest BCUT2D eigenvalue weighted by Crippen LogP contribution is 2.32. The standard InChI is InChI=1S/C4H6BrCl3/c1-3(5)2-4(6,7)8/h3H,2H2,1H3. The summed E-state index contributed by atoms with van der Waals surface area (Å²) in [4.78, 5) is 0.259. The SMILES string of the molecule is CC(Br)CC(Cl)(Cl)Cl. The van der Waals surface area contributed by atoms with Crippen molar-refractivity contribution >= 4 is 50.7 Å². The van der Waals surface area contributed by atoms with Gasteiger partial charge in [-0.1, -0.05) is 57.7 Å². The summed E-state index contributed by atoms with van der Waals surface area (Å²) in [6.45, 7) is 1.93. The Bertz CT molecular complexity index is 66.2. The maximum Gasteiger partial charge on any atom is 0.191 e. The predicted molar refractivity (Wildman–Crippen MR) is 43.3 cm³/mol. The summed E-state index contributed by atoms with van der Waals surface area (Å²) >= 11 is 19.5. The Morgan fingerprint density at radius 1 is 1.50 bits per heavy atom. The summed E-state index contributed by atoms with van der Waals surface area (Å²) in [5.41, 5.74) is 0. The molecule has 0 heterocycles. The molecule has 0 spiro atoms. The minimum Gasteiger partial charge on any atom is -0.0892 e. The van der Waals surface area contributed by atoms with Gasteiger partial charge in [0.2, 0.25) is 0 Å². The van der Waals surface area contributed by atoms with Crippen LogP contribution in [0.15, 0.2) is 0 Å². The van der Waals surface area contributed by atoms with E-state index in [4.69, 9.17) is 34.8 Å². The molecule has 1 atom stereocenters. The highest BCUT2D eigenvalue weighted by atomic mass is 79.9. The third-order valence-corrected chi connectivity index (χ3v) is 1.30. The van der Waals surface area contributed by atoms with E-state index in [-0.39, 0.29) is 4.83 Å². The van der Waals surface area contributed by atoms with Gasteiger partial charge < -0.3 is 0 Å². The van der Waals surface area contributed by atoms with Gasteiger partial charge in [0.05, 0.1) is 0 Å². The molecule has 50 valence electrons. The van der Waals surface area contributed by atoms with Crippen molar-refractivity contribution in [2.45, 2.75) is 22.0 Å². The molecule has 0 saturated heterocycles. The van der Waals surface area contributed by atoms with E-state index in [0.717, 1.165) is 0 Å². The average Bonchev–Trinajstić information content (AvgIpc) is 1.21. The van der Waals surface area contributed by atoms with E-state index in [1.165, 1.54) is 0 Å². The number of hydrogen-bond donors (Lipinski definition) is 0. The molecule has 0 aliphatic carbocycles. The lowest BCUT2D eigenvalue weighted by molar-refractivity contribution is 0.853. The average molecular weight is 240 g/mol. The largest absolute Gasteiger partial charge is 0.191 e. The van der Waals surface area contributed by atoms with Crippen LogP contribution in [0.2, 0.25) is 0 Å². The lowest BCUT2D eigenvalue weighted by atomic mass is 10.4. The van der Waals surface area contributed by atoms with E-state index >= 15 is 0 Å². The van der Waals surface area contributed by atoms with Crippen LogP contribution in [0, 0.1) is 0 Å². The van der Waals surface area contributed by atoms with Crippen LogP contribution in [0.25, 0.3) is 0 Å². The van der Waals surface area contributed by atoms with Crippen LogP contribution < -0.4 is 0 Å². The zero-order valence-electron chi connectivity index (χ0n) is 4.30. The number of alkyl halides is 4. The van der Waals surface area contributed by atoms with Gasteiger partial charge in [-0.2, -0.15) is 0 Å². The van der Waals surface area contributed by atoms with Crippen LogP contribution >= 0.6 is 50.7 Å². The van der Waals surface area contributed by atoms with Gasteiger partial charge in [-0.15, -0.1) is 0 Å². The molecule has 0 aliphatic rings. The minimum atomic E-state index is -1.11. The normalized spacial score (nSPS) is 16.1. The first-order valence-corrected chi connectivity index (χ1v) is 4.17. The second kappa shape index (κ2) is 3.50. The van der Waals surface area contributed by atoms with Gasteiger partial charge in [0.1, 0.15) is 0 Å². The maximum absolute atomic E-state index is 5.43. The van der Waals surface area contributed by atoms with Gasteiger partial charge in [-0.25, -0.2) is 0 Å². The highest BCUT2D eigenvalue weighted by Gasteiger charge is 2.21. The first-order chi connectivity index (χ1) is 3.42.